The zero-order valence-corrected chi connectivity index (χ0v) is 16.7. The molecule has 134 valence electrons. The van der Waals surface area contributed by atoms with Crippen LogP contribution in [0.3, 0.4) is 0 Å². The van der Waals surface area contributed by atoms with Gasteiger partial charge in [0.15, 0.2) is 5.96 Å². The summed E-state index contributed by atoms with van der Waals surface area (Å²) in [5.74, 6) is 0.774. The molecule has 2 fully saturated rings. The van der Waals surface area contributed by atoms with Gasteiger partial charge in [0, 0.05) is 19.6 Å². The number of aliphatic imine (C=N–C) groups is 1. The average Bonchev–Trinajstić information content (AvgIpc) is 3.09. The molecule has 0 aromatic carbocycles. The van der Waals surface area contributed by atoms with Crippen molar-refractivity contribution in [3.8, 4) is 0 Å². The Labute approximate surface area is 156 Å². The first-order valence-corrected chi connectivity index (χ1v) is 8.32. The van der Waals surface area contributed by atoms with E-state index in [1.165, 1.54) is 7.11 Å². The molecule has 1 saturated heterocycles. The van der Waals surface area contributed by atoms with Gasteiger partial charge in [0.25, 0.3) is 0 Å². The lowest BCUT2D eigenvalue weighted by Crippen LogP contribution is -2.42. The zero-order chi connectivity index (χ0) is 16.2. The third-order valence-corrected chi connectivity index (χ3v) is 4.81. The number of nitrogens with one attached hydrogen (secondary N) is 1. The van der Waals surface area contributed by atoms with Crippen LogP contribution in [0.25, 0.3) is 0 Å². The second-order valence-corrected chi connectivity index (χ2v) is 6.61. The Morgan fingerprint density at radius 3 is 2.61 bits per heavy atom. The molecule has 2 N–H and O–H groups in total. The van der Waals surface area contributed by atoms with Crippen LogP contribution >= 0.6 is 24.0 Å². The van der Waals surface area contributed by atoms with Gasteiger partial charge in [0.1, 0.15) is 0 Å². The van der Waals surface area contributed by atoms with Crippen LogP contribution in [0, 0.1) is 11.8 Å². The highest BCUT2D eigenvalue weighted by molar-refractivity contribution is 14.0. The van der Waals surface area contributed by atoms with Crippen LogP contribution in [0.15, 0.2) is 4.99 Å². The first kappa shape index (κ1) is 20.5. The van der Waals surface area contributed by atoms with E-state index >= 15 is 0 Å². The SMILES string of the molecule is CCNC(=NCC1(O)CCCC1)N1CC(C)C(C(=O)OC)C1.I. The number of carbonyl (C=O) groups is 1. The predicted molar refractivity (Wildman–Crippen MR) is 101 cm³/mol. The van der Waals surface area contributed by atoms with Gasteiger partial charge in [-0.25, -0.2) is 0 Å². The fraction of sp³-hybridized carbons (Fsp3) is 0.875. The second-order valence-electron chi connectivity index (χ2n) is 6.61. The number of hydrogen-bond donors (Lipinski definition) is 2. The summed E-state index contributed by atoms with van der Waals surface area (Å²) < 4.78 is 4.88. The van der Waals surface area contributed by atoms with Gasteiger partial charge in [-0.15, -0.1) is 24.0 Å². The second kappa shape index (κ2) is 9.05. The van der Waals surface area contributed by atoms with Crippen molar-refractivity contribution in [3.63, 3.8) is 0 Å². The van der Waals surface area contributed by atoms with Gasteiger partial charge in [-0.1, -0.05) is 19.8 Å². The van der Waals surface area contributed by atoms with Crippen LogP contribution in [0.2, 0.25) is 0 Å². The number of hydrogen-bond acceptors (Lipinski definition) is 4. The molecule has 2 rings (SSSR count). The smallest absolute Gasteiger partial charge is 0.310 e. The van der Waals surface area contributed by atoms with E-state index < -0.39 is 5.60 Å². The van der Waals surface area contributed by atoms with Gasteiger partial charge in [0.05, 0.1) is 25.2 Å². The van der Waals surface area contributed by atoms with E-state index in [9.17, 15) is 9.90 Å². The maximum atomic E-state index is 11.8. The fourth-order valence-corrected chi connectivity index (χ4v) is 3.44. The zero-order valence-electron chi connectivity index (χ0n) is 14.4. The molecular formula is C16H30IN3O3. The molecule has 7 heteroatoms. The quantitative estimate of drug-likeness (QED) is 0.302. The molecule has 2 unspecified atom stereocenters. The minimum Gasteiger partial charge on any atom is -0.469 e. The topological polar surface area (TPSA) is 74.2 Å². The molecular weight excluding hydrogens is 409 g/mol. The molecule has 0 radical (unpaired) electrons. The Morgan fingerprint density at radius 2 is 2.04 bits per heavy atom. The molecule has 0 aromatic heterocycles. The van der Waals surface area contributed by atoms with E-state index in [-0.39, 0.29) is 41.8 Å². The lowest BCUT2D eigenvalue weighted by Gasteiger charge is -2.24. The Morgan fingerprint density at radius 1 is 1.39 bits per heavy atom. The molecule has 1 aliphatic carbocycles. The van der Waals surface area contributed by atoms with Gasteiger partial charge in [-0.05, 0) is 25.7 Å². The molecule has 1 heterocycles. The Kier molecular flexibility index (Phi) is 8.06. The Balaban J connectivity index is 0.00000264. The standard InChI is InChI=1S/C16H29N3O3.HI/c1-4-17-15(18-11-16(21)7-5-6-8-16)19-9-12(2)13(10-19)14(20)22-3;/h12-13,21H,4-11H2,1-3H3,(H,17,18);1H. The first-order valence-electron chi connectivity index (χ1n) is 8.32. The normalized spacial score (nSPS) is 26.8. The molecule has 6 nitrogen and oxygen atoms in total. The molecule has 1 aliphatic heterocycles. The maximum absolute atomic E-state index is 11.8. The minimum absolute atomic E-state index is 0. The van der Waals surface area contributed by atoms with E-state index in [0.29, 0.717) is 13.1 Å². The van der Waals surface area contributed by atoms with Crippen molar-refractivity contribution >= 4 is 35.9 Å². The maximum Gasteiger partial charge on any atom is 0.310 e. The molecule has 2 aliphatic rings. The van der Waals surface area contributed by atoms with Gasteiger partial charge in [-0.3, -0.25) is 9.79 Å². The molecule has 0 aromatic rings. The highest BCUT2D eigenvalue weighted by atomic mass is 127. The summed E-state index contributed by atoms with van der Waals surface area (Å²) in [5.41, 5.74) is -0.645. The third-order valence-electron chi connectivity index (χ3n) is 4.81. The Hall–Kier alpha value is -0.570. The number of rotatable bonds is 4. The van der Waals surface area contributed by atoms with Gasteiger partial charge < -0.3 is 20.1 Å². The Bertz CT molecular complexity index is 425. The summed E-state index contributed by atoms with van der Waals surface area (Å²) in [6.45, 7) is 6.70. The number of guanidine groups is 1. The summed E-state index contributed by atoms with van der Waals surface area (Å²) in [4.78, 5) is 18.6. The molecule has 23 heavy (non-hydrogen) atoms. The van der Waals surface area contributed by atoms with Gasteiger partial charge in [0.2, 0.25) is 0 Å². The monoisotopic (exact) mass is 439 g/mol. The number of ether oxygens (including phenoxy) is 1. The van der Waals surface area contributed by atoms with Crippen molar-refractivity contribution in [2.24, 2.45) is 16.8 Å². The van der Waals surface area contributed by atoms with Crippen molar-refractivity contribution in [1.29, 1.82) is 0 Å². The average molecular weight is 439 g/mol. The van der Waals surface area contributed by atoms with Crippen LogP contribution in [0.4, 0.5) is 0 Å². The fourth-order valence-electron chi connectivity index (χ4n) is 3.44. The van der Waals surface area contributed by atoms with Crippen LogP contribution in [0.5, 0.6) is 0 Å². The number of likely N-dealkylation sites (tertiary alicyclic amines) is 1. The summed E-state index contributed by atoms with van der Waals surface area (Å²) >= 11 is 0. The third kappa shape index (κ3) is 5.20. The van der Waals surface area contributed by atoms with Crippen LogP contribution in [-0.4, -0.2) is 60.8 Å². The van der Waals surface area contributed by atoms with E-state index in [0.717, 1.165) is 44.7 Å². The minimum atomic E-state index is -0.645. The molecule has 0 bridgehead atoms. The molecule has 2 atom stereocenters. The van der Waals surface area contributed by atoms with Crippen LogP contribution in [0.1, 0.15) is 39.5 Å². The van der Waals surface area contributed by atoms with Crippen LogP contribution < -0.4 is 5.32 Å². The summed E-state index contributed by atoms with van der Waals surface area (Å²) in [7, 11) is 1.44. The van der Waals surface area contributed by atoms with Crippen molar-refractivity contribution in [3.05, 3.63) is 0 Å². The van der Waals surface area contributed by atoms with E-state index in [1.54, 1.807) is 0 Å². The lowest BCUT2D eigenvalue weighted by atomic mass is 9.99. The summed E-state index contributed by atoms with van der Waals surface area (Å²) in [5, 5.41) is 13.7. The molecule has 0 amide bonds. The predicted octanol–water partition coefficient (Wildman–Crippen LogP) is 1.62. The van der Waals surface area contributed by atoms with Crippen molar-refractivity contribution in [2.45, 2.75) is 45.1 Å². The number of halogens is 1. The van der Waals surface area contributed by atoms with E-state index in [2.05, 4.69) is 22.1 Å². The summed E-state index contributed by atoms with van der Waals surface area (Å²) in [6, 6.07) is 0. The van der Waals surface area contributed by atoms with Gasteiger partial charge in [-0.2, -0.15) is 0 Å². The lowest BCUT2D eigenvalue weighted by molar-refractivity contribution is -0.145. The largest absolute Gasteiger partial charge is 0.469 e. The summed E-state index contributed by atoms with van der Waals surface area (Å²) in [6.07, 6.45) is 3.82. The van der Waals surface area contributed by atoms with Crippen molar-refractivity contribution < 1.29 is 14.6 Å². The number of aliphatic hydroxyl groups is 1. The molecule has 1 saturated carbocycles. The number of methoxy groups -OCH3 is 1. The highest BCUT2D eigenvalue weighted by Gasteiger charge is 2.37. The van der Waals surface area contributed by atoms with Crippen molar-refractivity contribution in [2.75, 3.05) is 33.3 Å². The molecule has 0 spiro atoms. The van der Waals surface area contributed by atoms with E-state index in [1.807, 2.05) is 6.92 Å². The number of esters is 1. The number of nitrogens with zero attached hydrogens (tertiary/aromatic N) is 2. The van der Waals surface area contributed by atoms with Crippen molar-refractivity contribution in [1.82, 2.24) is 10.2 Å². The van der Waals surface area contributed by atoms with Gasteiger partial charge >= 0.3 is 5.97 Å². The first-order chi connectivity index (χ1) is 10.5. The number of carbonyl (C=O) groups excluding carboxylic acids is 1. The highest BCUT2D eigenvalue weighted by Crippen LogP contribution is 2.30. The van der Waals surface area contributed by atoms with Crippen LogP contribution in [-0.2, 0) is 9.53 Å². The van der Waals surface area contributed by atoms with E-state index in [4.69, 9.17) is 4.74 Å².